The van der Waals surface area contributed by atoms with Gasteiger partial charge in [-0.15, -0.1) is 0 Å². The molecule has 0 saturated heterocycles. The molecule has 1 aliphatic carbocycles. The molecule has 0 spiro atoms. The van der Waals surface area contributed by atoms with Gasteiger partial charge in [-0.1, -0.05) is 30.3 Å². The second-order valence-electron chi connectivity index (χ2n) is 7.00. The Hall–Kier alpha value is -2.96. The molecule has 28 heavy (non-hydrogen) atoms. The van der Waals surface area contributed by atoms with Crippen molar-refractivity contribution in [1.82, 2.24) is 15.8 Å². The lowest BCUT2D eigenvalue weighted by Gasteiger charge is -2.14. The molecule has 0 aliphatic heterocycles. The molecular formula is C22H22FN3O2. The van der Waals surface area contributed by atoms with Crippen LogP contribution in [0.4, 0.5) is 4.39 Å². The summed E-state index contributed by atoms with van der Waals surface area (Å²) in [4.78, 5) is 14.4. The number of halogens is 1. The summed E-state index contributed by atoms with van der Waals surface area (Å²) in [6, 6.07) is 12.0. The number of carbonyl (C=O) groups excluding carboxylic acids is 1. The van der Waals surface area contributed by atoms with Crippen LogP contribution in [0.3, 0.4) is 0 Å². The fourth-order valence-electron chi connectivity index (χ4n) is 3.94. The molecule has 4 N–H and O–H groups in total. The Morgan fingerprint density at radius 2 is 2.14 bits per heavy atom. The zero-order valence-electron chi connectivity index (χ0n) is 15.3. The van der Waals surface area contributed by atoms with Crippen molar-refractivity contribution in [2.24, 2.45) is 0 Å². The summed E-state index contributed by atoms with van der Waals surface area (Å²) < 4.78 is 14.7. The van der Waals surface area contributed by atoms with E-state index in [0.29, 0.717) is 17.5 Å². The lowest BCUT2D eigenvalue weighted by atomic mass is 10.0. The van der Waals surface area contributed by atoms with Gasteiger partial charge >= 0.3 is 0 Å². The van der Waals surface area contributed by atoms with Gasteiger partial charge in [-0.05, 0) is 54.6 Å². The highest BCUT2D eigenvalue weighted by atomic mass is 19.1. The summed E-state index contributed by atoms with van der Waals surface area (Å²) in [5.41, 5.74) is 5.95. The Kier molecular flexibility index (Phi) is 5.23. The van der Waals surface area contributed by atoms with E-state index in [1.807, 2.05) is 18.2 Å². The van der Waals surface area contributed by atoms with E-state index in [9.17, 15) is 9.18 Å². The van der Waals surface area contributed by atoms with Crippen molar-refractivity contribution in [2.45, 2.75) is 25.3 Å². The van der Waals surface area contributed by atoms with Gasteiger partial charge in [-0.2, -0.15) is 0 Å². The molecule has 0 radical (unpaired) electrons. The molecule has 2 aromatic carbocycles. The van der Waals surface area contributed by atoms with Gasteiger partial charge < -0.3 is 10.3 Å². The summed E-state index contributed by atoms with van der Waals surface area (Å²) >= 11 is 0. The van der Waals surface area contributed by atoms with Gasteiger partial charge in [-0.25, -0.2) is 9.87 Å². The first-order chi connectivity index (χ1) is 13.7. The smallest absolute Gasteiger partial charge is 0.267 e. The molecule has 1 aliphatic rings. The molecule has 5 nitrogen and oxygen atoms in total. The standard InChI is InChI=1S/C22H22FN3O2/c23-22-14(6-10-21(27)26-28)5-7-17-18(22)8-9-20(17)24-12-11-15-13-25-19-4-2-1-3-16(15)19/h1-7,10,13,20,24-25,28H,8-9,11-12H2,(H,26,27). The molecule has 0 fully saturated rings. The van der Waals surface area contributed by atoms with E-state index in [2.05, 4.69) is 28.6 Å². The van der Waals surface area contributed by atoms with Crippen molar-refractivity contribution in [3.63, 3.8) is 0 Å². The molecule has 0 saturated carbocycles. The number of para-hydroxylation sites is 1. The molecule has 144 valence electrons. The summed E-state index contributed by atoms with van der Waals surface area (Å²) in [6.45, 7) is 0.811. The molecule has 0 bridgehead atoms. The number of hydrogen-bond acceptors (Lipinski definition) is 3. The van der Waals surface area contributed by atoms with Crippen molar-refractivity contribution in [3.8, 4) is 0 Å². The predicted molar refractivity (Wildman–Crippen MR) is 106 cm³/mol. The molecular weight excluding hydrogens is 357 g/mol. The molecule has 3 aromatic rings. The monoisotopic (exact) mass is 379 g/mol. The third kappa shape index (κ3) is 3.56. The number of hydrogen-bond donors (Lipinski definition) is 4. The normalized spacial score (nSPS) is 16.0. The highest BCUT2D eigenvalue weighted by molar-refractivity contribution is 5.90. The number of H-pyrrole nitrogens is 1. The average molecular weight is 379 g/mol. The quantitative estimate of drug-likeness (QED) is 0.300. The van der Waals surface area contributed by atoms with E-state index < -0.39 is 5.91 Å². The molecule has 4 rings (SSSR count). The van der Waals surface area contributed by atoms with Crippen LogP contribution in [0.2, 0.25) is 0 Å². The minimum Gasteiger partial charge on any atom is -0.361 e. The molecule has 1 heterocycles. The number of rotatable bonds is 6. The Balaban J connectivity index is 1.43. The number of aromatic amines is 1. The first kappa shape index (κ1) is 18.4. The van der Waals surface area contributed by atoms with E-state index >= 15 is 0 Å². The van der Waals surface area contributed by atoms with E-state index in [4.69, 9.17) is 5.21 Å². The van der Waals surface area contributed by atoms with Crippen LogP contribution in [0, 0.1) is 5.82 Å². The number of aromatic nitrogens is 1. The zero-order chi connectivity index (χ0) is 19.5. The largest absolute Gasteiger partial charge is 0.361 e. The maximum absolute atomic E-state index is 14.7. The highest BCUT2D eigenvalue weighted by Gasteiger charge is 2.25. The van der Waals surface area contributed by atoms with Crippen molar-refractivity contribution < 1.29 is 14.4 Å². The first-order valence-corrected chi connectivity index (χ1v) is 9.39. The molecule has 1 atom stereocenters. The lowest BCUT2D eigenvalue weighted by Crippen LogP contribution is -2.22. The van der Waals surface area contributed by atoms with Crippen LogP contribution in [0.25, 0.3) is 17.0 Å². The van der Waals surface area contributed by atoms with E-state index in [0.717, 1.165) is 36.5 Å². The van der Waals surface area contributed by atoms with Crippen molar-refractivity contribution >= 4 is 22.9 Å². The summed E-state index contributed by atoms with van der Waals surface area (Å²) in [6.07, 6.45) is 6.95. The second kappa shape index (κ2) is 7.96. The van der Waals surface area contributed by atoms with Gasteiger partial charge in [0.2, 0.25) is 0 Å². The fraction of sp³-hybridized carbons (Fsp3) is 0.227. The SMILES string of the molecule is O=C(C=Cc1ccc2c(c1F)CCC2NCCc1c[nH]c2ccccc12)NO. The summed E-state index contributed by atoms with van der Waals surface area (Å²) in [5.74, 6) is -0.975. The van der Waals surface area contributed by atoms with Crippen LogP contribution in [-0.4, -0.2) is 22.6 Å². The van der Waals surface area contributed by atoms with Gasteiger partial charge in [0.25, 0.3) is 5.91 Å². The van der Waals surface area contributed by atoms with Gasteiger partial charge in [-0.3, -0.25) is 10.0 Å². The maximum atomic E-state index is 14.7. The van der Waals surface area contributed by atoms with Gasteiger partial charge in [0.05, 0.1) is 0 Å². The third-order valence-electron chi connectivity index (χ3n) is 5.35. The summed E-state index contributed by atoms with van der Waals surface area (Å²) in [5, 5.41) is 13.3. The number of amides is 1. The molecule has 6 heteroatoms. The Morgan fingerprint density at radius 3 is 3.00 bits per heavy atom. The van der Waals surface area contributed by atoms with Crippen molar-refractivity contribution in [3.05, 3.63) is 76.7 Å². The first-order valence-electron chi connectivity index (χ1n) is 9.39. The fourth-order valence-corrected chi connectivity index (χ4v) is 3.94. The zero-order valence-corrected chi connectivity index (χ0v) is 15.3. The Morgan fingerprint density at radius 1 is 1.29 bits per heavy atom. The number of benzene rings is 2. The minimum atomic E-state index is -0.684. The average Bonchev–Trinajstić information content (AvgIpc) is 3.32. The van der Waals surface area contributed by atoms with E-state index in [-0.39, 0.29) is 11.9 Å². The Bertz CT molecular complexity index is 1040. The van der Waals surface area contributed by atoms with E-state index in [1.54, 1.807) is 6.07 Å². The Labute approximate surface area is 162 Å². The predicted octanol–water partition coefficient (Wildman–Crippen LogP) is 3.65. The number of carbonyl (C=O) groups is 1. The molecule has 1 aromatic heterocycles. The minimum absolute atomic E-state index is 0.133. The maximum Gasteiger partial charge on any atom is 0.267 e. The molecule has 1 unspecified atom stereocenters. The van der Waals surface area contributed by atoms with Gasteiger partial charge in [0.15, 0.2) is 0 Å². The second-order valence-corrected chi connectivity index (χ2v) is 7.00. The number of nitrogens with one attached hydrogen (secondary N) is 3. The van der Waals surface area contributed by atoms with Crippen LogP contribution < -0.4 is 10.8 Å². The highest BCUT2D eigenvalue weighted by Crippen LogP contribution is 2.34. The number of hydroxylamine groups is 1. The lowest BCUT2D eigenvalue weighted by molar-refractivity contribution is -0.124. The van der Waals surface area contributed by atoms with Crippen LogP contribution in [-0.2, 0) is 17.6 Å². The van der Waals surface area contributed by atoms with Crippen molar-refractivity contribution in [2.75, 3.05) is 6.54 Å². The van der Waals surface area contributed by atoms with Crippen molar-refractivity contribution in [1.29, 1.82) is 0 Å². The van der Waals surface area contributed by atoms with Crippen LogP contribution in [0.15, 0.2) is 48.7 Å². The van der Waals surface area contributed by atoms with Crippen LogP contribution in [0.1, 0.15) is 34.7 Å². The molecule has 1 amide bonds. The van der Waals surface area contributed by atoms with Crippen LogP contribution in [0.5, 0.6) is 0 Å². The third-order valence-corrected chi connectivity index (χ3v) is 5.35. The van der Waals surface area contributed by atoms with E-state index in [1.165, 1.54) is 22.5 Å². The topological polar surface area (TPSA) is 77.2 Å². The number of fused-ring (bicyclic) bond motifs is 2. The van der Waals surface area contributed by atoms with Crippen LogP contribution >= 0.6 is 0 Å². The van der Waals surface area contributed by atoms with Gasteiger partial charge in [0, 0.05) is 34.8 Å². The summed E-state index contributed by atoms with van der Waals surface area (Å²) in [7, 11) is 0. The van der Waals surface area contributed by atoms with Gasteiger partial charge in [0.1, 0.15) is 5.82 Å².